The van der Waals surface area contributed by atoms with Crippen molar-refractivity contribution in [2.45, 2.75) is 19.4 Å². The first-order valence-electron chi connectivity index (χ1n) is 6.92. The summed E-state index contributed by atoms with van der Waals surface area (Å²) in [7, 11) is -10.7. The largest absolute Gasteiger partial charge is 0.455 e. The Bertz CT molecular complexity index is 890. The molecule has 0 bridgehead atoms. The fraction of sp³-hybridized carbons (Fsp3) is 0.200. The molecule has 130 valence electrons. The van der Waals surface area contributed by atoms with Crippen molar-refractivity contribution in [3.8, 4) is 0 Å². The normalized spacial score (nSPS) is 13.7. The molecule has 2 rings (SSSR count). The Morgan fingerprint density at radius 3 is 1.50 bits per heavy atom. The van der Waals surface area contributed by atoms with Crippen molar-refractivity contribution in [3.05, 3.63) is 66.2 Å². The number of nitrogens with zero attached hydrogens (tertiary/aromatic N) is 1. The van der Waals surface area contributed by atoms with Crippen LogP contribution in [0, 0.1) is 0 Å². The molecule has 0 atom stereocenters. The van der Waals surface area contributed by atoms with E-state index in [1.165, 1.54) is 50.2 Å². The van der Waals surface area contributed by atoms with Crippen LogP contribution in [0.2, 0.25) is 0 Å². The van der Waals surface area contributed by atoms with Gasteiger partial charge in [0.15, 0.2) is 11.2 Å². The molecule has 2 aromatic carbocycles. The van der Waals surface area contributed by atoms with Crippen LogP contribution in [-0.4, -0.2) is 25.9 Å². The van der Waals surface area contributed by atoms with Crippen LogP contribution in [0.25, 0.3) is 0 Å². The Balaban J connectivity index is 3.03. The Labute approximate surface area is 141 Å². The first kappa shape index (κ1) is 18.6. The summed E-state index contributed by atoms with van der Waals surface area (Å²) in [4.78, 5) is 0. The van der Waals surface area contributed by atoms with E-state index in [-0.39, 0.29) is 5.69 Å². The minimum Gasteiger partial charge on any atom is -0.240 e. The van der Waals surface area contributed by atoms with Gasteiger partial charge in [0.25, 0.3) is 0 Å². The molecule has 24 heavy (non-hydrogen) atoms. The van der Waals surface area contributed by atoms with Crippen molar-refractivity contribution < 1.29 is 25.9 Å². The van der Waals surface area contributed by atoms with Gasteiger partial charge in [0.1, 0.15) is 0 Å². The SMILES string of the molecule is CC(C)(c1ccccc1)[N+](c1ccccc1)(S(=O)(=O)O)S(=O)(=O)O. The minimum atomic E-state index is -5.34. The maximum atomic E-state index is 12.3. The second-order valence-electron chi connectivity index (χ2n) is 5.71. The molecule has 0 unspecified atom stereocenters. The van der Waals surface area contributed by atoms with Gasteiger partial charge in [-0.05, 0) is 17.1 Å². The Kier molecular flexibility index (Phi) is 4.59. The van der Waals surface area contributed by atoms with Crippen LogP contribution in [0.3, 0.4) is 0 Å². The molecule has 0 aliphatic heterocycles. The first-order valence-corrected chi connectivity index (χ1v) is 9.71. The minimum absolute atomic E-state index is 0.295. The van der Waals surface area contributed by atoms with Crippen LogP contribution in [0.5, 0.6) is 0 Å². The van der Waals surface area contributed by atoms with Crippen molar-refractivity contribution in [3.63, 3.8) is 0 Å². The highest BCUT2D eigenvalue weighted by atomic mass is 32.3. The van der Waals surface area contributed by atoms with Crippen molar-refractivity contribution in [2.75, 3.05) is 0 Å². The quantitative estimate of drug-likeness (QED) is 0.617. The summed E-state index contributed by atoms with van der Waals surface area (Å²) in [6.07, 6.45) is 0. The summed E-state index contributed by atoms with van der Waals surface area (Å²) in [6.45, 7) is 2.63. The molecule has 0 spiro atoms. The Hall–Kier alpha value is -1.78. The maximum Gasteiger partial charge on any atom is 0.455 e. The van der Waals surface area contributed by atoms with E-state index in [0.717, 1.165) is 0 Å². The molecule has 7 nitrogen and oxygen atoms in total. The third-order valence-electron chi connectivity index (χ3n) is 3.96. The molecular weight excluding hydrogens is 354 g/mol. The summed E-state index contributed by atoms with van der Waals surface area (Å²) in [6, 6.07) is 14.7. The van der Waals surface area contributed by atoms with Crippen LogP contribution in [-0.2, 0) is 26.1 Å². The van der Waals surface area contributed by atoms with Gasteiger partial charge in [-0.15, -0.1) is 16.8 Å². The van der Waals surface area contributed by atoms with Gasteiger partial charge in [0.2, 0.25) is 0 Å². The maximum absolute atomic E-state index is 12.3. The van der Waals surface area contributed by atoms with Crippen LogP contribution in [0.15, 0.2) is 60.7 Å². The predicted molar refractivity (Wildman–Crippen MR) is 90.8 cm³/mol. The van der Waals surface area contributed by atoms with Gasteiger partial charge in [-0.2, -0.15) is 0 Å². The van der Waals surface area contributed by atoms with Gasteiger partial charge in [0.05, 0.1) is 0 Å². The van der Waals surface area contributed by atoms with Gasteiger partial charge in [-0.1, -0.05) is 48.5 Å². The molecule has 0 saturated carbocycles. The number of benzene rings is 2. The molecule has 2 N–H and O–H groups in total. The average Bonchev–Trinajstić information content (AvgIpc) is 2.46. The number of para-hydroxylation sites is 1. The van der Waals surface area contributed by atoms with Gasteiger partial charge in [0, 0.05) is 17.7 Å². The molecule has 0 saturated heterocycles. The zero-order valence-electron chi connectivity index (χ0n) is 13.1. The van der Waals surface area contributed by atoms with E-state index in [1.54, 1.807) is 24.3 Å². The van der Waals surface area contributed by atoms with E-state index in [2.05, 4.69) is 0 Å². The topological polar surface area (TPSA) is 109 Å². The highest BCUT2D eigenvalue weighted by Gasteiger charge is 2.65. The number of hydrogen-bond donors (Lipinski definition) is 2. The van der Waals surface area contributed by atoms with Crippen LogP contribution in [0.1, 0.15) is 19.4 Å². The lowest BCUT2D eigenvalue weighted by molar-refractivity contribution is 0.275. The summed E-state index contributed by atoms with van der Waals surface area (Å²) >= 11 is 0. The van der Waals surface area contributed by atoms with Gasteiger partial charge in [-0.25, -0.2) is 9.11 Å². The zero-order valence-corrected chi connectivity index (χ0v) is 14.7. The van der Waals surface area contributed by atoms with E-state index < -0.39 is 29.4 Å². The lowest BCUT2D eigenvalue weighted by Gasteiger charge is -2.41. The molecule has 0 aliphatic carbocycles. The smallest absolute Gasteiger partial charge is 0.240 e. The zero-order chi connectivity index (χ0) is 18.2. The monoisotopic (exact) mass is 372 g/mol. The molecule has 0 heterocycles. The fourth-order valence-corrected chi connectivity index (χ4v) is 6.02. The average molecular weight is 372 g/mol. The molecule has 0 amide bonds. The Morgan fingerprint density at radius 2 is 1.12 bits per heavy atom. The predicted octanol–water partition coefficient (Wildman–Crippen LogP) is 2.53. The van der Waals surface area contributed by atoms with E-state index in [1.807, 2.05) is 0 Å². The highest BCUT2D eigenvalue weighted by Crippen LogP contribution is 2.45. The second kappa shape index (κ2) is 5.94. The van der Waals surface area contributed by atoms with Crippen LogP contribution >= 0.6 is 0 Å². The van der Waals surface area contributed by atoms with E-state index in [4.69, 9.17) is 0 Å². The lowest BCUT2D eigenvalue weighted by atomic mass is 9.94. The molecule has 2 aromatic rings. The first-order chi connectivity index (χ1) is 11.0. The van der Waals surface area contributed by atoms with Crippen LogP contribution < -0.4 is 3.29 Å². The molecule has 0 aromatic heterocycles. The summed E-state index contributed by atoms with van der Waals surface area (Å²) in [5.74, 6) is 0. The van der Waals surface area contributed by atoms with Gasteiger partial charge < -0.3 is 0 Å². The standard InChI is InChI=1S/C15H17NO6S2/c1-15(2,13-9-5-3-6-10-13)16(23(17,18)19,24(20,21)22)14-11-7-4-8-12-14/h3-12H,1-2H3,(H-,17,18,19,20,21,22)/p+1. The third kappa shape index (κ3) is 2.64. The summed E-state index contributed by atoms with van der Waals surface area (Å²) in [5.41, 5.74) is -1.77. The lowest BCUT2D eigenvalue weighted by Crippen LogP contribution is -2.67. The van der Waals surface area contributed by atoms with Crippen molar-refractivity contribution in [1.82, 2.24) is 3.29 Å². The van der Waals surface area contributed by atoms with Crippen molar-refractivity contribution in [1.29, 1.82) is 0 Å². The van der Waals surface area contributed by atoms with Crippen LogP contribution in [0.4, 0.5) is 5.69 Å². The third-order valence-corrected chi connectivity index (χ3v) is 7.73. The molecular formula is C15H18NO6S2+. The fourth-order valence-electron chi connectivity index (χ4n) is 2.93. The molecule has 9 heteroatoms. The summed E-state index contributed by atoms with van der Waals surface area (Å²) < 4.78 is 67.0. The molecule has 0 fully saturated rings. The van der Waals surface area contributed by atoms with E-state index >= 15 is 0 Å². The van der Waals surface area contributed by atoms with Crippen molar-refractivity contribution >= 4 is 26.3 Å². The van der Waals surface area contributed by atoms with E-state index in [9.17, 15) is 25.9 Å². The molecule has 0 radical (unpaired) electrons. The number of quaternary nitrogens is 1. The van der Waals surface area contributed by atoms with Crippen molar-refractivity contribution in [2.24, 2.45) is 0 Å². The molecule has 0 aliphatic rings. The van der Waals surface area contributed by atoms with Gasteiger partial charge in [-0.3, -0.25) is 0 Å². The summed E-state index contributed by atoms with van der Waals surface area (Å²) in [5, 5.41) is 0. The van der Waals surface area contributed by atoms with E-state index in [0.29, 0.717) is 5.56 Å². The Morgan fingerprint density at radius 1 is 0.750 bits per heavy atom. The highest BCUT2D eigenvalue weighted by molar-refractivity contribution is 8.02. The number of rotatable bonds is 5. The second-order valence-corrected chi connectivity index (χ2v) is 8.83. The number of hydrogen-bond acceptors (Lipinski definition) is 4. The van der Waals surface area contributed by atoms with Gasteiger partial charge >= 0.3 is 20.6 Å².